The molecule has 3 heteroatoms. The van der Waals surface area contributed by atoms with Crippen LogP contribution in [0.25, 0.3) is 0 Å². The van der Waals surface area contributed by atoms with Crippen molar-refractivity contribution in [3.8, 4) is 0 Å². The largest absolute Gasteiger partial charge is 0.329 e. The van der Waals surface area contributed by atoms with E-state index in [1.807, 2.05) is 49.9 Å². The lowest BCUT2D eigenvalue weighted by atomic mass is 9.88. The molecule has 0 bridgehead atoms. The lowest BCUT2D eigenvalue weighted by Crippen LogP contribution is -2.31. The lowest BCUT2D eigenvalue weighted by Gasteiger charge is -2.25. The molecule has 1 aromatic carbocycles. The number of hydrogen-bond acceptors (Lipinski definition) is 1. The van der Waals surface area contributed by atoms with Crippen LogP contribution < -0.4 is 5.32 Å². The molecule has 1 aromatic rings. The summed E-state index contributed by atoms with van der Waals surface area (Å²) >= 11 is 5.89. The van der Waals surface area contributed by atoms with Crippen molar-refractivity contribution < 1.29 is 4.79 Å². The van der Waals surface area contributed by atoms with E-state index in [1.54, 1.807) is 0 Å². The predicted octanol–water partition coefficient (Wildman–Crippen LogP) is 3.23. The topological polar surface area (TPSA) is 29.1 Å². The first-order valence-electron chi connectivity index (χ1n) is 6.21. The molecule has 1 amide bonds. The normalized spacial score (nSPS) is 24.2. The molecule has 0 aromatic heterocycles. The van der Waals surface area contributed by atoms with E-state index < -0.39 is 0 Å². The van der Waals surface area contributed by atoms with Gasteiger partial charge in [-0.3, -0.25) is 4.79 Å². The predicted molar refractivity (Wildman–Crippen MR) is 75.5 cm³/mol. The van der Waals surface area contributed by atoms with Crippen LogP contribution in [-0.4, -0.2) is 5.91 Å². The maximum absolute atomic E-state index is 11.8. The zero-order valence-electron chi connectivity index (χ0n) is 10.3. The van der Waals surface area contributed by atoms with Crippen LogP contribution in [0.15, 0.2) is 36.0 Å². The van der Waals surface area contributed by atoms with Crippen molar-refractivity contribution in [3.05, 3.63) is 78.2 Å². The summed E-state index contributed by atoms with van der Waals surface area (Å²) in [5.74, 6) is 1.21. The molecule has 1 saturated carbocycles. The van der Waals surface area contributed by atoms with Gasteiger partial charge < -0.3 is 5.32 Å². The molecule has 1 unspecified atom stereocenters. The Balaban J connectivity index is 1.85. The second kappa shape index (κ2) is 5.38. The fourth-order valence-electron chi connectivity index (χ4n) is 2.35. The maximum atomic E-state index is 11.8. The van der Waals surface area contributed by atoms with E-state index in [4.69, 9.17) is 11.6 Å². The number of carbonyl (C=O) groups is 1. The number of allylic oxidation sites excluding steroid dienone is 2. The van der Waals surface area contributed by atoms with Crippen molar-refractivity contribution in [1.29, 1.82) is 0 Å². The molecule has 1 atom stereocenters. The van der Waals surface area contributed by atoms with E-state index in [-0.39, 0.29) is 11.8 Å². The monoisotopic (exact) mass is 270 g/mol. The molecule has 0 saturated heterocycles. The second-order valence-corrected chi connectivity index (χ2v) is 5.10. The summed E-state index contributed by atoms with van der Waals surface area (Å²) in [5.41, 5.74) is 2.00. The minimum atomic E-state index is 0.0543. The number of carbonyl (C=O) groups excluding carboxylic acids is 1. The quantitative estimate of drug-likeness (QED) is 0.878. The number of benzene rings is 1. The molecule has 1 N–H and O–H groups in total. The molecule has 95 valence electrons. The lowest BCUT2D eigenvalue weighted by molar-refractivity contribution is -0.120. The SMILES string of the molecule is O=C1CC(c2ccc(Cl)cc2)C=C([C]2[CH][CH][CH][CH]2)N1. The smallest absolute Gasteiger partial charge is 0.225 e. The van der Waals surface area contributed by atoms with Crippen LogP contribution in [0.2, 0.25) is 5.02 Å². The minimum absolute atomic E-state index is 0.0543. The average Bonchev–Trinajstić information content (AvgIpc) is 2.93. The highest BCUT2D eigenvalue weighted by Gasteiger charge is 2.28. The summed E-state index contributed by atoms with van der Waals surface area (Å²) in [6.45, 7) is 0. The minimum Gasteiger partial charge on any atom is -0.329 e. The van der Waals surface area contributed by atoms with Gasteiger partial charge in [-0.15, -0.1) is 0 Å². The Labute approximate surface area is 118 Å². The standard InChI is InChI=1S/C16H13ClNO/c17-14-7-5-11(6-8-14)13-9-15(18-16(19)10-13)12-3-1-2-4-12/h1-9,13H,10H2,(H,18,19). The Hall–Kier alpha value is -1.28. The third-order valence-electron chi connectivity index (χ3n) is 3.32. The van der Waals surface area contributed by atoms with Gasteiger partial charge in [0.05, 0.1) is 0 Å². The fourth-order valence-corrected chi connectivity index (χ4v) is 2.47. The Morgan fingerprint density at radius 3 is 2.47 bits per heavy atom. The van der Waals surface area contributed by atoms with Gasteiger partial charge in [0.1, 0.15) is 0 Å². The number of amides is 1. The van der Waals surface area contributed by atoms with E-state index in [0.717, 1.165) is 17.2 Å². The van der Waals surface area contributed by atoms with Gasteiger partial charge in [-0.25, -0.2) is 0 Å². The van der Waals surface area contributed by atoms with Crippen LogP contribution in [0, 0.1) is 31.6 Å². The van der Waals surface area contributed by atoms with Crippen molar-refractivity contribution in [2.75, 3.05) is 0 Å². The maximum Gasteiger partial charge on any atom is 0.225 e. The van der Waals surface area contributed by atoms with Crippen molar-refractivity contribution in [1.82, 2.24) is 5.32 Å². The van der Waals surface area contributed by atoms with Crippen LogP contribution in [0.5, 0.6) is 0 Å². The summed E-state index contributed by atoms with van der Waals surface area (Å²) in [5, 5.41) is 3.64. The zero-order valence-corrected chi connectivity index (χ0v) is 11.0. The summed E-state index contributed by atoms with van der Waals surface area (Å²) in [6, 6.07) is 7.67. The van der Waals surface area contributed by atoms with Crippen LogP contribution in [0.1, 0.15) is 17.9 Å². The highest BCUT2D eigenvalue weighted by Crippen LogP contribution is 2.34. The molecule has 3 rings (SSSR count). The molecule has 1 heterocycles. The fraction of sp³-hybridized carbons (Fsp3) is 0.125. The van der Waals surface area contributed by atoms with E-state index in [0.29, 0.717) is 11.4 Å². The highest BCUT2D eigenvalue weighted by molar-refractivity contribution is 6.30. The van der Waals surface area contributed by atoms with E-state index in [1.165, 1.54) is 0 Å². The van der Waals surface area contributed by atoms with Gasteiger partial charge in [0.25, 0.3) is 0 Å². The van der Waals surface area contributed by atoms with Gasteiger partial charge in [0, 0.05) is 29.0 Å². The van der Waals surface area contributed by atoms with Crippen LogP contribution in [0.4, 0.5) is 0 Å². The first-order valence-corrected chi connectivity index (χ1v) is 6.59. The Morgan fingerprint density at radius 2 is 1.79 bits per heavy atom. The Bertz CT molecular complexity index is 500. The van der Waals surface area contributed by atoms with Crippen LogP contribution in [0.3, 0.4) is 0 Å². The van der Waals surface area contributed by atoms with Crippen molar-refractivity contribution >= 4 is 17.5 Å². The zero-order chi connectivity index (χ0) is 13.2. The summed E-state index contributed by atoms with van der Waals surface area (Å²) in [4.78, 5) is 11.8. The molecular formula is C16H13ClNO. The number of nitrogens with one attached hydrogen (secondary N) is 1. The molecule has 1 fully saturated rings. The second-order valence-electron chi connectivity index (χ2n) is 4.66. The van der Waals surface area contributed by atoms with E-state index in [9.17, 15) is 4.79 Å². The molecule has 5 radical (unpaired) electrons. The molecular weight excluding hydrogens is 258 g/mol. The molecule has 0 spiro atoms. The van der Waals surface area contributed by atoms with E-state index in [2.05, 4.69) is 11.4 Å². The van der Waals surface area contributed by atoms with Gasteiger partial charge in [0.2, 0.25) is 5.91 Å². The summed E-state index contributed by atoms with van der Waals surface area (Å²) in [7, 11) is 0. The third-order valence-corrected chi connectivity index (χ3v) is 3.57. The van der Waals surface area contributed by atoms with Crippen molar-refractivity contribution in [2.45, 2.75) is 12.3 Å². The molecule has 19 heavy (non-hydrogen) atoms. The van der Waals surface area contributed by atoms with Crippen molar-refractivity contribution in [3.63, 3.8) is 0 Å². The van der Waals surface area contributed by atoms with Gasteiger partial charge in [-0.2, -0.15) is 0 Å². The van der Waals surface area contributed by atoms with Crippen molar-refractivity contribution in [2.24, 2.45) is 0 Å². The average molecular weight is 271 g/mol. The third kappa shape index (κ3) is 2.84. The van der Waals surface area contributed by atoms with Gasteiger partial charge in [0.15, 0.2) is 0 Å². The summed E-state index contributed by atoms with van der Waals surface area (Å²) in [6.07, 6.45) is 10.5. The summed E-state index contributed by atoms with van der Waals surface area (Å²) < 4.78 is 0. The van der Waals surface area contributed by atoms with Gasteiger partial charge in [-0.1, -0.05) is 29.8 Å². The first kappa shape index (κ1) is 12.7. The molecule has 1 aliphatic heterocycles. The molecule has 2 aliphatic rings. The molecule has 1 aliphatic carbocycles. The number of rotatable bonds is 2. The van der Waals surface area contributed by atoms with E-state index >= 15 is 0 Å². The first-order chi connectivity index (χ1) is 9.22. The van der Waals surface area contributed by atoms with Crippen LogP contribution in [-0.2, 0) is 4.79 Å². The van der Waals surface area contributed by atoms with Crippen LogP contribution >= 0.6 is 11.6 Å². The van der Waals surface area contributed by atoms with Gasteiger partial charge in [-0.05, 0) is 43.4 Å². The Kier molecular flexibility index (Phi) is 3.61. The highest BCUT2D eigenvalue weighted by atomic mass is 35.5. The Morgan fingerprint density at radius 1 is 1.11 bits per heavy atom. The number of hydrogen-bond donors (Lipinski definition) is 1. The number of halogens is 1. The van der Waals surface area contributed by atoms with Gasteiger partial charge >= 0.3 is 0 Å². The molecule has 2 nitrogen and oxygen atoms in total.